The Bertz CT molecular complexity index is 863. The van der Waals surface area contributed by atoms with E-state index in [0.717, 1.165) is 12.1 Å². The molecule has 19 heavy (non-hydrogen) atoms. The molecule has 1 aromatic carbocycles. The summed E-state index contributed by atoms with van der Waals surface area (Å²) in [6.07, 6.45) is 0. The second kappa shape index (κ2) is 4.23. The number of nitriles is 1. The van der Waals surface area contributed by atoms with Crippen molar-refractivity contribution in [1.82, 2.24) is 4.98 Å². The first-order valence-corrected chi connectivity index (χ1v) is 4.93. The lowest BCUT2D eigenvalue weighted by molar-refractivity contribution is -0.385. The van der Waals surface area contributed by atoms with Gasteiger partial charge < -0.3 is 10.1 Å². The molecule has 0 aliphatic carbocycles. The van der Waals surface area contributed by atoms with Crippen LogP contribution in [0.15, 0.2) is 27.8 Å². The van der Waals surface area contributed by atoms with Gasteiger partial charge in [-0.15, -0.1) is 0 Å². The maximum atomic E-state index is 11.3. The minimum atomic E-state index is -1.02. The van der Waals surface area contributed by atoms with Crippen molar-refractivity contribution in [2.45, 2.75) is 0 Å². The molecule has 1 aromatic heterocycles. The number of nitrogens with one attached hydrogen (secondary N) is 1. The van der Waals surface area contributed by atoms with Crippen molar-refractivity contribution in [2.75, 3.05) is 0 Å². The zero-order valence-electron chi connectivity index (χ0n) is 9.21. The Morgan fingerprint density at radius 1 is 1.32 bits per heavy atom. The predicted molar refractivity (Wildman–Crippen MR) is 63.9 cm³/mol. The molecule has 8 heteroatoms. The van der Waals surface area contributed by atoms with Crippen LogP contribution in [0.2, 0.25) is 0 Å². The van der Waals surface area contributed by atoms with Gasteiger partial charge in [-0.2, -0.15) is 5.26 Å². The van der Waals surface area contributed by atoms with Crippen LogP contribution in [-0.4, -0.2) is 15.0 Å². The first-order chi connectivity index (χ1) is 8.93. The average molecular weight is 259 g/mol. The van der Waals surface area contributed by atoms with E-state index in [4.69, 9.17) is 5.26 Å². The summed E-state index contributed by atoms with van der Waals surface area (Å²) in [4.78, 5) is 34.6. The molecule has 0 radical (unpaired) electrons. The number of fused-ring (bicyclic) bond motifs is 1. The van der Waals surface area contributed by atoms with Crippen LogP contribution in [0.1, 0.15) is 5.56 Å². The molecule has 0 aliphatic heterocycles. The number of nitrogens with zero attached hydrogens (tertiary/aromatic N) is 2. The van der Waals surface area contributed by atoms with E-state index in [-0.39, 0.29) is 16.5 Å². The highest BCUT2D eigenvalue weighted by Crippen LogP contribution is 2.27. The largest absolute Gasteiger partial charge is 0.507 e. The summed E-state index contributed by atoms with van der Waals surface area (Å²) < 4.78 is 0. The summed E-state index contributed by atoms with van der Waals surface area (Å²) in [5.74, 6) is -0.537. The molecule has 2 rings (SSSR count). The highest BCUT2D eigenvalue weighted by molar-refractivity contribution is 5.87. The molecule has 0 aliphatic rings. The van der Waals surface area contributed by atoms with Crippen LogP contribution in [0.25, 0.3) is 10.9 Å². The van der Waals surface area contributed by atoms with Gasteiger partial charge in [0.15, 0.2) is 0 Å². The van der Waals surface area contributed by atoms with E-state index in [1.54, 1.807) is 6.07 Å². The maximum absolute atomic E-state index is 11.3. The van der Waals surface area contributed by atoms with Gasteiger partial charge in [0, 0.05) is 17.5 Å². The number of hydrogen-bond acceptors (Lipinski definition) is 6. The molecule has 8 nitrogen and oxygen atoms in total. The van der Waals surface area contributed by atoms with Crippen LogP contribution < -0.4 is 11.0 Å². The number of H-pyrrole nitrogens is 1. The third-order valence-corrected chi connectivity index (χ3v) is 2.47. The third kappa shape index (κ3) is 2.00. The first-order valence-electron chi connectivity index (χ1n) is 4.93. The molecule has 94 valence electrons. The molecule has 0 unspecified atom stereocenters. The van der Waals surface area contributed by atoms with Crippen molar-refractivity contribution in [1.29, 1.82) is 5.26 Å². The molecule has 0 bridgehead atoms. The van der Waals surface area contributed by atoms with E-state index in [1.807, 2.05) is 0 Å². The molecule has 0 fully saturated rings. The van der Waals surface area contributed by atoms with Gasteiger partial charge in [-0.3, -0.25) is 19.7 Å². The van der Waals surface area contributed by atoms with Crippen molar-refractivity contribution >= 4 is 16.6 Å². The van der Waals surface area contributed by atoms with Crippen molar-refractivity contribution in [3.05, 3.63) is 54.5 Å². The topological polar surface area (TPSA) is 137 Å². The number of hydrogen-bond donors (Lipinski definition) is 2. The Balaban J connectivity index is 3.08. The standard InChI is InChI=1S/C11H5N3O5/c12-4-5-1-6-7(2-8(5)14(18)19)13-11(17)10(16)3-9(6)15/h1-3,15H,(H,13,16,17). The molecule has 0 saturated heterocycles. The molecule has 2 N–H and O–H groups in total. The summed E-state index contributed by atoms with van der Waals surface area (Å²) in [6.45, 7) is 0. The summed E-state index contributed by atoms with van der Waals surface area (Å²) in [7, 11) is 0. The molecule has 0 spiro atoms. The Kier molecular flexibility index (Phi) is 2.73. The van der Waals surface area contributed by atoms with E-state index in [2.05, 4.69) is 4.98 Å². The van der Waals surface area contributed by atoms with Crippen molar-refractivity contribution < 1.29 is 10.0 Å². The van der Waals surface area contributed by atoms with E-state index < -0.39 is 27.3 Å². The molecule has 2 aromatic rings. The van der Waals surface area contributed by atoms with Crippen molar-refractivity contribution in [2.24, 2.45) is 0 Å². The average Bonchev–Trinajstić information content (AvgIpc) is 2.46. The lowest BCUT2D eigenvalue weighted by Crippen LogP contribution is -2.22. The zero-order valence-corrected chi connectivity index (χ0v) is 9.21. The molecular weight excluding hydrogens is 254 g/mol. The Morgan fingerprint density at radius 2 is 2.00 bits per heavy atom. The fourth-order valence-electron chi connectivity index (χ4n) is 1.60. The minimum absolute atomic E-state index is 0.0265. The van der Waals surface area contributed by atoms with E-state index in [1.165, 1.54) is 0 Å². The number of aromatic hydroxyl groups is 1. The highest BCUT2D eigenvalue weighted by atomic mass is 16.6. The highest BCUT2D eigenvalue weighted by Gasteiger charge is 2.16. The number of rotatable bonds is 1. The lowest BCUT2D eigenvalue weighted by atomic mass is 10.1. The number of benzene rings is 1. The monoisotopic (exact) mass is 259 g/mol. The third-order valence-electron chi connectivity index (χ3n) is 2.47. The van der Waals surface area contributed by atoms with Crippen LogP contribution in [0, 0.1) is 21.4 Å². The van der Waals surface area contributed by atoms with Gasteiger partial charge >= 0.3 is 0 Å². The Hall–Kier alpha value is -3.21. The molecular formula is C11H5N3O5. The van der Waals surface area contributed by atoms with E-state index in [9.17, 15) is 24.8 Å². The summed E-state index contributed by atoms with van der Waals surface area (Å²) in [5, 5.41) is 29.2. The predicted octanol–water partition coefficient (Wildman–Crippen LogP) is 0.374. The SMILES string of the molecule is N#Cc1cc2c(O)cc(=O)c(=O)[nH]c2cc1[N+](=O)[O-]. The van der Waals surface area contributed by atoms with Gasteiger partial charge in [0.1, 0.15) is 17.4 Å². The maximum Gasteiger partial charge on any atom is 0.296 e. The number of nitro benzene ring substituents is 1. The molecule has 0 saturated carbocycles. The quantitative estimate of drug-likeness (QED) is 0.431. The van der Waals surface area contributed by atoms with Crippen LogP contribution in [0.4, 0.5) is 5.69 Å². The minimum Gasteiger partial charge on any atom is -0.507 e. The lowest BCUT2D eigenvalue weighted by Gasteiger charge is -1.98. The van der Waals surface area contributed by atoms with E-state index >= 15 is 0 Å². The van der Waals surface area contributed by atoms with Gasteiger partial charge in [-0.25, -0.2) is 0 Å². The normalized spacial score (nSPS) is 10.1. The summed E-state index contributed by atoms with van der Waals surface area (Å²) in [5.41, 5.74) is -2.93. The van der Waals surface area contributed by atoms with Crippen LogP contribution >= 0.6 is 0 Å². The van der Waals surface area contributed by atoms with Crippen LogP contribution in [0.3, 0.4) is 0 Å². The van der Waals surface area contributed by atoms with Gasteiger partial charge in [0.05, 0.1) is 10.4 Å². The first kappa shape index (κ1) is 12.3. The smallest absolute Gasteiger partial charge is 0.296 e. The number of aromatic nitrogens is 1. The Morgan fingerprint density at radius 3 is 2.58 bits per heavy atom. The molecule has 0 amide bonds. The van der Waals surface area contributed by atoms with Gasteiger partial charge in [-0.05, 0) is 6.07 Å². The second-order valence-corrected chi connectivity index (χ2v) is 3.63. The number of aromatic amines is 1. The van der Waals surface area contributed by atoms with Gasteiger partial charge in [0.2, 0.25) is 5.43 Å². The van der Waals surface area contributed by atoms with Crippen LogP contribution in [0.5, 0.6) is 5.75 Å². The van der Waals surface area contributed by atoms with Crippen molar-refractivity contribution in [3.8, 4) is 11.8 Å². The number of nitro groups is 1. The second-order valence-electron chi connectivity index (χ2n) is 3.63. The van der Waals surface area contributed by atoms with Gasteiger partial charge in [0.25, 0.3) is 11.2 Å². The fraction of sp³-hybridized carbons (Fsp3) is 0. The zero-order chi connectivity index (χ0) is 14.2. The van der Waals surface area contributed by atoms with Gasteiger partial charge in [-0.1, -0.05) is 0 Å². The summed E-state index contributed by atoms with van der Waals surface area (Å²) in [6, 6.07) is 4.27. The van der Waals surface area contributed by atoms with E-state index in [0.29, 0.717) is 6.07 Å². The van der Waals surface area contributed by atoms with Crippen molar-refractivity contribution in [3.63, 3.8) is 0 Å². The Labute approximate surface area is 104 Å². The summed E-state index contributed by atoms with van der Waals surface area (Å²) >= 11 is 0. The van der Waals surface area contributed by atoms with Crippen LogP contribution in [-0.2, 0) is 0 Å². The molecule has 1 heterocycles. The molecule has 0 atom stereocenters. The fourth-order valence-corrected chi connectivity index (χ4v) is 1.60.